The van der Waals surface area contributed by atoms with Crippen LogP contribution in [0.25, 0.3) is 0 Å². The minimum atomic E-state index is -4.88. The van der Waals surface area contributed by atoms with E-state index in [0.717, 1.165) is 6.07 Å². The number of carbonyl (C=O) groups is 1. The number of halogens is 3. The molecule has 1 heterocycles. The number of ketones is 1. The molecule has 1 aromatic carbocycles. The summed E-state index contributed by atoms with van der Waals surface area (Å²) >= 11 is 0. The molecule has 112 valence electrons. The molecule has 2 aromatic rings. The van der Waals surface area contributed by atoms with Gasteiger partial charge in [-0.15, -0.1) is 13.2 Å². The Bertz CT molecular complexity index is 652. The van der Waals surface area contributed by atoms with E-state index < -0.39 is 23.9 Å². The molecule has 21 heavy (non-hydrogen) atoms. The van der Waals surface area contributed by atoms with E-state index in [1.54, 1.807) is 7.05 Å². The maximum Gasteiger partial charge on any atom is 0.573 e. The molecule has 0 aliphatic rings. The topological polar surface area (TPSA) is 70.1 Å². The van der Waals surface area contributed by atoms with E-state index in [9.17, 15) is 18.0 Å². The zero-order valence-corrected chi connectivity index (χ0v) is 11.0. The number of aromatic nitrogens is 2. The number of Topliss-reactive ketones (excluding diaryl/α,β-unsaturated/α-hetero) is 1. The Morgan fingerprint density at radius 2 is 2.05 bits per heavy atom. The summed E-state index contributed by atoms with van der Waals surface area (Å²) in [5, 5.41) is 3.87. The van der Waals surface area contributed by atoms with Gasteiger partial charge in [-0.05, 0) is 12.1 Å². The summed E-state index contributed by atoms with van der Waals surface area (Å²) in [6.45, 7) is 0. The van der Waals surface area contributed by atoms with Gasteiger partial charge in [0.25, 0.3) is 0 Å². The van der Waals surface area contributed by atoms with Crippen molar-refractivity contribution in [1.82, 2.24) is 9.78 Å². The first-order valence-corrected chi connectivity index (χ1v) is 5.91. The van der Waals surface area contributed by atoms with Crippen LogP contribution in [0.1, 0.15) is 22.0 Å². The zero-order chi connectivity index (χ0) is 15.6. The number of aryl methyl sites for hydroxylation is 1. The number of alkyl halides is 3. The number of benzene rings is 1. The van der Waals surface area contributed by atoms with Crippen molar-refractivity contribution >= 4 is 5.78 Å². The van der Waals surface area contributed by atoms with Gasteiger partial charge < -0.3 is 10.5 Å². The predicted octanol–water partition coefficient (Wildman–Crippen LogP) is 2.20. The Hall–Kier alpha value is -2.35. The van der Waals surface area contributed by atoms with Crippen molar-refractivity contribution in [3.63, 3.8) is 0 Å². The molecule has 2 rings (SSSR count). The van der Waals surface area contributed by atoms with Crippen molar-refractivity contribution in [2.75, 3.05) is 0 Å². The van der Waals surface area contributed by atoms with Gasteiger partial charge in [-0.3, -0.25) is 9.48 Å². The number of rotatable bonds is 4. The van der Waals surface area contributed by atoms with Gasteiger partial charge in [0, 0.05) is 18.8 Å². The largest absolute Gasteiger partial charge is 0.573 e. The van der Waals surface area contributed by atoms with Crippen LogP contribution in [-0.4, -0.2) is 21.9 Å². The van der Waals surface area contributed by atoms with E-state index in [0.29, 0.717) is 5.56 Å². The van der Waals surface area contributed by atoms with Crippen LogP contribution < -0.4 is 10.5 Å². The highest BCUT2D eigenvalue weighted by Crippen LogP contribution is 2.28. The van der Waals surface area contributed by atoms with Gasteiger partial charge in [0.2, 0.25) is 0 Å². The number of carbonyl (C=O) groups excluding carboxylic acids is 1. The van der Waals surface area contributed by atoms with Gasteiger partial charge >= 0.3 is 6.36 Å². The summed E-state index contributed by atoms with van der Waals surface area (Å²) in [7, 11) is 1.64. The van der Waals surface area contributed by atoms with Crippen molar-refractivity contribution in [1.29, 1.82) is 0 Å². The van der Waals surface area contributed by atoms with Crippen LogP contribution in [0, 0.1) is 0 Å². The van der Waals surface area contributed by atoms with Crippen LogP contribution in [0.5, 0.6) is 5.75 Å². The summed E-state index contributed by atoms with van der Waals surface area (Å²) in [5.41, 5.74) is 5.95. The lowest BCUT2D eigenvalue weighted by Gasteiger charge is -2.14. The number of para-hydroxylation sites is 1. The molecule has 2 N–H and O–H groups in total. The van der Waals surface area contributed by atoms with Crippen molar-refractivity contribution in [2.45, 2.75) is 12.4 Å². The van der Waals surface area contributed by atoms with Crippen LogP contribution in [0.3, 0.4) is 0 Å². The van der Waals surface area contributed by atoms with Crippen molar-refractivity contribution < 1.29 is 22.7 Å². The Morgan fingerprint density at radius 1 is 1.38 bits per heavy atom. The highest BCUT2D eigenvalue weighted by Gasteiger charge is 2.33. The molecule has 0 fully saturated rings. The van der Waals surface area contributed by atoms with E-state index in [-0.39, 0.29) is 5.56 Å². The fourth-order valence-corrected chi connectivity index (χ4v) is 1.80. The van der Waals surface area contributed by atoms with Crippen LogP contribution >= 0.6 is 0 Å². The smallest absolute Gasteiger partial charge is 0.405 e. The Morgan fingerprint density at radius 3 is 2.62 bits per heavy atom. The molecular weight excluding hydrogens is 287 g/mol. The van der Waals surface area contributed by atoms with Crippen molar-refractivity contribution in [3.8, 4) is 5.75 Å². The Labute approximate surface area is 118 Å². The van der Waals surface area contributed by atoms with Crippen LogP contribution in [-0.2, 0) is 7.05 Å². The van der Waals surface area contributed by atoms with Gasteiger partial charge in [-0.2, -0.15) is 5.10 Å². The van der Waals surface area contributed by atoms with Crippen molar-refractivity contribution in [3.05, 3.63) is 47.8 Å². The molecule has 0 aliphatic heterocycles. The molecule has 1 unspecified atom stereocenters. The Kier molecular flexibility index (Phi) is 3.99. The third-order valence-electron chi connectivity index (χ3n) is 2.74. The van der Waals surface area contributed by atoms with Crippen molar-refractivity contribution in [2.24, 2.45) is 12.8 Å². The molecule has 5 nitrogen and oxygen atoms in total. The summed E-state index contributed by atoms with van der Waals surface area (Å²) in [6, 6.07) is 3.97. The van der Waals surface area contributed by atoms with E-state index in [2.05, 4.69) is 9.84 Å². The molecule has 0 radical (unpaired) electrons. The highest BCUT2D eigenvalue weighted by atomic mass is 19.4. The fourth-order valence-electron chi connectivity index (χ4n) is 1.80. The number of nitrogens with two attached hydrogens (primary N) is 1. The normalized spacial score (nSPS) is 13.0. The molecule has 0 spiro atoms. The molecule has 0 amide bonds. The summed E-state index contributed by atoms with van der Waals surface area (Å²) in [4.78, 5) is 12.3. The quantitative estimate of drug-likeness (QED) is 0.879. The highest BCUT2D eigenvalue weighted by molar-refractivity contribution is 6.02. The third-order valence-corrected chi connectivity index (χ3v) is 2.74. The second-order valence-corrected chi connectivity index (χ2v) is 4.33. The standard InChI is InChI=1S/C13H12F3N3O2/c1-19-7-8(6-18-19)11(17)12(20)9-4-2-3-5-10(9)21-13(14,15)16/h2-7,11H,17H2,1H3. The van der Waals surface area contributed by atoms with E-state index in [4.69, 9.17) is 5.73 Å². The lowest BCUT2D eigenvalue weighted by molar-refractivity contribution is -0.274. The van der Waals surface area contributed by atoms with Gasteiger partial charge in [0.1, 0.15) is 5.75 Å². The molecule has 0 saturated carbocycles. The minimum Gasteiger partial charge on any atom is -0.405 e. The lowest BCUT2D eigenvalue weighted by atomic mass is 10.00. The molecule has 0 saturated heterocycles. The second-order valence-electron chi connectivity index (χ2n) is 4.33. The predicted molar refractivity (Wildman–Crippen MR) is 67.6 cm³/mol. The summed E-state index contributed by atoms with van der Waals surface area (Å²) in [6.07, 6.45) is -1.97. The lowest BCUT2D eigenvalue weighted by Crippen LogP contribution is -2.24. The number of hydrogen-bond donors (Lipinski definition) is 1. The number of hydrogen-bond acceptors (Lipinski definition) is 4. The molecular formula is C13H12F3N3O2. The maximum absolute atomic E-state index is 12.3. The maximum atomic E-state index is 12.3. The molecule has 1 atom stereocenters. The minimum absolute atomic E-state index is 0.230. The third kappa shape index (κ3) is 3.60. The molecule has 1 aromatic heterocycles. The Balaban J connectivity index is 2.31. The summed E-state index contributed by atoms with van der Waals surface area (Å²) in [5.74, 6) is -1.25. The van der Waals surface area contributed by atoms with Crippen LogP contribution in [0.4, 0.5) is 13.2 Å². The monoisotopic (exact) mass is 299 g/mol. The first-order chi connectivity index (χ1) is 9.78. The molecule has 0 bridgehead atoms. The second kappa shape index (κ2) is 5.57. The van der Waals surface area contributed by atoms with E-state index in [1.807, 2.05) is 0 Å². The number of ether oxygens (including phenoxy) is 1. The first-order valence-electron chi connectivity index (χ1n) is 5.91. The molecule has 0 aliphatic carbocycles. The van der Waals surface area contributed by atoms with Crippen LogP contribution in [0.2, 0.25) is 0 Å². The van der Waals surface area contributed by atoms with E-state index in [1.165, 1.54) is 35.3 Å². The van der Waals surface area contributed by atoms with Gasteiger partial charge in [0.15, 0.2) is 5.78 Å². The average molecular weight is 299 g/mol. The molecule has 8 heteroatoms. The zero-order valence-electron chi connectivity index (χ0n) is 11.0. The van der Waals surface area contributed by atoms with E-state index >= 15 is 0 Å². The SMILES string of the molecule is Cn1cc(C(N)C(=O)c2ccccc2OC(F)(F)F)cn1. The first kappa shape index (κ1) is 15.0. The number of nitrogens with zero attached hydrogens (tertiary/aromatic N) is 2. The fraction of sp³-hybridized carbons (Fsp3) is 0.231. The van der Waals surface area contributed by atoms with Crippen LogP contribution in [0.15, 0.2) is 36.7 Å². The van der Waals surface area contributed by atoms with Gasteiger partial charge in [-0.25, -0.2) is 0 Å². The van der Waals surface area contributed by atoms with Gasteiger partial charge in [0.05, 0.1) is 17.8 Å². The van der Waals surface area contributed by atoms with Gasteiger partial charge in [-0.1, -0.05) is 12.1 Å². The average Bonchev–Trinajstić information content (AvgIpc) is 2.82. The summed E-state index contributed by atoms with van der Waals surface area (Å²) < 4.78 is 42.3.